The summed E-state index contributed by atoms with van der Waals surface area (Å²) in [6.45, 7) is 6.65. The normalized spacial score (nSPS) is 51.9. The molecule has 4 heterocycles. The van der Waals surface area contributed by atoms with E-state index in [0.29, 0.717) is 19.4 Å². The van der Waals surface area contributed by atoms with Crippen molar-refractivity contribution in [3.63, 3.8) is 0 Å². The van der Waals surface area contributed by atoms with Crippen molar-refractivity contribution in [2.24, 2.45) is 17.3 Å². The molecule has 0 aromatic carbocycles. The molecule has 33 heavy (non-hydrogen) atoms. The molecule has 9 atom stereocenters. The van der Waals surface area contributed by atoms with Gasteiger partial charge in [-0.15, -0.1) is 0 Å². The van der Waals surface area contributed by atoms with Crippen LogP contribution in [0.2, 0.25) is 0 Å². The summed E-state index contributed by atoms with van der Waals surface area (Å²) < 4.78 is 30.9. The van der Waals surface area contributed by atoms with Gasteiger partial charge in [-0.05, 0) is 36.7 Å². The van der Waals surface area contributed by atoms with E-state index in [0.717, 1.165) is 17.6 Å². The minimum absolute atomic E-state index is 0.0632. The Bertz CT molecular complexity index is 1050. The van der Waals surface area contributed by atoms with Crippen LogP contribution in [0, 0.1) is 17.3 Å². The Morgan fingerprint density at radius 3 is 2.70 bits per heavy atom. The van der Waals surface area contributed by atoms with E-state index in [-0.39, 0.29) is 54.4 Å². The third-order valence-corrected chi connectivity index (χ3v) is 9.86. The minimum Gasteiger partial charge on any atom is -0.481 e. The number of carbonyl (C=O) groups is 3. The molecule has 2 spiro atoms. The molecule has 7 aliphatic rings. The molecule has 7 rings (SSSR count). The topological polar surface area (TPSA) is 127 Å². The molecule has 2 saturated carbocycles. The summed E-state index contributed by atoms with van der Waals surface area (Å²) in [5, 5.41) is 9.00. The number of esters is 2. The summed E-state index contributed by atoms with van der Waals surface area (Å²) in [6, 6.07) is 0. The number of hydrogen-bond acceptors (Lipinski definition) is 8. The summed E-state index contributed by atoms with van der Waals surface area (Å²) in [6.07, 6.45) is 0.464. The van der Waals surface area contributed by atoms with Crippen molar-refractivity contribution in [3.05, 3.63) is 11.1 Å². The second-order valence-corrected chi connectivity index (χ2v) is 11.3. The van der Waals surface area contributed by atoms with E-state index < -0.39 is 34.8 Å². The van der Waals surface area contributed by atoms with Gasteiger partial charge in [-0.3, -0.25) is 9.59 Å². The third-order valence-electron chi connectivity index (χ3n) is 9.86. The maximum Gasteiger partial charge on any atom is 0.334 e. The number of fused-ring (bicyclic) bond motifs is 4. The van der Waals surface area contributed by atoms with E-state index in [4.69, 9.17) is 28.8 Å². The lowest BCUT2D eigenvalue weighted by Crippen LogP contribution is -2.70. The fourth-order valence-electron chi connectivity index (χ4n) is 8.24. The second kappa shape index (κ2) is 5.80. The van der Waals surface area contributed by atoms with Crippen LogP contribution in [0.1, 0.15) is 52.9 Å². The molecule has 178 valence electrons. The summed E-state index contributed by atoms with van der Waals surface area (Å²) in [5.41, 5.74) is -0.569. The third kappa shape index (κ3) is 2.06. The Hall–Kier alpha value is -1.97. The van der Waals surface area contributed by atoms with Gasteiger partial charge in [0.15, 0.2) is 11.7 Å². The van der Waals surface area contributed by atoms with Gasteiger partial charge in [0.25, 0.3) is 0 Å². The molecule has 9 nitrogen and oxygen atoms in total. The predicted octanol–water partition coefficient (Wildman–Crippen LogP) is 1.52. The molecule has 3 saturated heterocycles. The first-order valence-electron chi connectivity index (χ1n) is 12.0. The SMILES string of the molecule is CC(C)[C@]12O[C@H]1[C@H]1O[C@@]13[C@@]1(O[C@H]1C[C@H]1C4=C(CC[C@@]13C)C(=O)OC4)[C@@H]2OC(=O)CCC(=O)O. The van der Waals surface area contributed by atoms with E-state index in [1.807, 2.05) is 13.8 Å². The number of rotatable bonds is 5. The van der Waals surface area contributed by atoms with Gasteiger partial charge in [-0.1, -0.05) is 20.8 Å². The smallest absolute Gasteiger partial charge is 0.334 e. The number of ether oxygens (including phenoxy) is 5. The lowest BCUT2D eigenvalue weighted by molar-refractivity contribution is -0.170. The molecule has 0 unspecified atom stereocenters. The number of carboxylic acids is 1. The van der Waals surface area contributed by atoms with Gasteiger partial charge in [0.05, 0.1) is 18.9 Å². The minimum atomic E-state index is -1.04. The van der Waals surface area contributed by atoms with Gasteiger partial charge < -0.3 is 28.8 Å². The zero-order valence-corrected chi connectivity index (χ0v) is 18.9. The molecule has 4 aliphatic heterocycles. The van der Waals surface area contributed by atoms with Crippen molar-refractivity contribution in [1.82, 2.24) is 0 Å². The molecular formula is C24H28O9. The van der Waals surface area contributed by atoms with Gasteiger partial charge in [0.2, 0.25) is 0 Å². The van der Waals surface area contributed by atoms with Crippen molar-refractivity contribution in [2.75, 3.05) is 6.61 Å². The number of aliphatic carboxylic acids is 1. The van der Waals surface area contributed by atoms with E-state index in [9.17, 15) is 14.4 Å². The first kappa shape index (κ1) is 20.4. The number of cyclic esters (lactones) is 1. The summed E-state index contributed by atoms with van der Waals surface area (Å²) in [5.74, 6) is -1.63. The fraction of sp³-hybridized carbons (Fsp3) is 0.792. The van der Waals surface area contributed by atoms with E-state index in [2.05, 4.69) is 6.92 Å². The van der Waals surface area contributed by atoms with Crippen LogP contribution < -0.4 is 0 Å². The number of epoxide rings is 3. The number of hydrogen-bond donors (Lipinski definition) is 1. The van der Waals surface area contributed by atoms with Gasteiger partial charge in [-0.2, -0.15) is 0 Å². The molecule has 0 bridgehead atoms. The fourth-order valence-corrected chi connectivity index (χ4v) is 8.24. The predicted molar refractivity (Wildman–Crippen MR) is 108 cm³/mol. The molecule has 1 N–H and O–H groups in total. The highest BCUT2D eigenvalue weighted by Gasteiger charge is 3.01. The Morgan fingerprint density at radius 1 is 1.18 bits per heavy atom. The zero-order valence-electron chi connectivity index (χ0n) is 18.9. The quantitative estimate of drug-likeness (QED) is 0.480. The van der Waals surface area contributed by atoms with Crippen molar-refractivity contribution in [2.45, 2.75) is 94.1 Å². The highest BCUT2D eigenvalue weighted by molar-refractivity contribution is 5.92. The molecule has 0 radical (unpaired) electrons. The molecule has 3 aliphatic carbocycles. The van der Waals surface area contributed by atoms with Gasteiger partial charge in [0, 0.05) is 11.0 Å². The highest BCUT2D eigenvalue weighted by atomic mass is 16.8. The molecule has 9 heteroatoms. The van der Waals surface area contributed by atoms with Crippen molar-refractivity contribution < 1.29 is 43.2 Å². The largest absolute Gasteiger partial charge is 0.481 e. The molecule has 5 fully saturated rings. The summed E-state index contributed by atoms with van der Waals surface area (Å²) in [4.78, 5) is 36.0. The van der Waals surface area contributed by atoms with Crippen LogP contribution in [0.15, 0.2) is 11.1 Å². The zero-order chi connectivity index (χ0) is 23.1. The Labute approximate surface area is 190 Å². The summed E-state index contributed by atoms with van der Waals surface area (Å²) in [7, 11) is 0. The summed E-state index contributed by atoms with van der Waals surface area (Å²) >= 11 is 0. The Morgan fingerprint density at radius 2 is 1.97 bits per heavy atom. The van der Waals surface area contributed by atoms with Crippen LogP contribution in [-0.4, -0.2) is 70.8 Å². The maximum atomic E-state index is 12.7. The first-order valence-corrected chi connectivity index (χ1v) is 12.0. The average Bonchev–Trinajstić information content (AvgIpc) is 3.65. The Kier molecular flexibility index (Phi) is 3.59. The standard InChI is InChI=1S/C24H28O9/c1-10(2)22-17(32-22)18-24(33-18)21(3)7-6-11-12(9-29-19(11)28)13(21)8-14-23(24,31-14)20(22)30-16(27)5-4-15(25)26/h10,13-14,17-18,20H,4-9H2,1-3H3,(H,25,26)/t13-,14-,17-,18+,20+,21-,22-,23-,24-/m0/s1. The van der Waals surface area contributed by atoms with Crippen LogP contribution in [0.25, 0.3) is 0 Å². The highest BCUT2D eigenvalue weighted by Crippen LogP contribution is 2.83. The molecule has 0 aromatic rings. The second-order valence-electron chi connectivity index (χ2n) is 11.3. The van der Waals surface area contributed by atoms with Crippen LogP contribution in [0.4, 0.5) is 0 Å². The molecule has 0 amide bonds. The average molecular weight is 460 g/mol. The number of carbonyl (C=O) groups excluding carboxylic acids is 2. The maximum absolute atomic E-state index is 12.7. The van der Waals surface area contributed by atoms with Crippen LogP contribution in [-0.2, 0) is 38.1 Å². The van der Waals surface area contributed by atoms with Gasteiger partial charge >= 0.3 is 17.9 Å². The van der Waals surface area contributed by atoms with Gasteiger partial charge in [-0.25, -0.2) is 4.79 Å². The van der Waals surface area contributed by atoms with Crippen LogP contribution >= 0.6 is 0 Å². The molecule has 0 aromatic heterocycles. The number of carboxylic acid groups (broad SMARTS) is 1. The van der Waals surface area contributed by atoms with Crippen molar-refractivity contribution >= 4 is 17.9 Å². The lowest BCUT2D eigenvalue weighted by Gasteiger charge is -2.53. The monoisotopic (exact) mass is 460 g/mol. The Balaban J connectivity index is 1.29. The van der Waals surface area contributed by atoms with Crippen LogP contribution in [0.5, 0.6) is 0 Å². The van der Waals surface area contributed by atoms with E-state index in [1.165, 1.54) is 0 Å². The van der Waals surface area contributed by atoms with Gasteiger partial charge in [0.1, 0.15) is 30.0 Å². The van der Waals surface area contributed by atoms with Crippen molar-refractivity contribution in [3.8, 4) is 0 Å². The molecular weight excluding hydrogens is 432 g/mol. The van der Waals surface area contributed by atoms with E-state index in [1.54, 1.807) is 0 Å². The first-order chi connectivity index (χ1) is 15.6. The van der Waals surface area contributed by atoms with Crippen molar-refractivity contribution in [1.29, 1.82) is 0 Å². The lowest BCUT2D eigenvalue weighted by atomic mass is 9.46. The van der Waals surface area contributed by atoms with E-state index >= 15 is 0 Å². The van der Waals surface area contributed by atoms with Crippen LogP contribution in [0.3, 0.4) is 0 Å².